The van der Waals surface area contributed by atoms with Gasteiger partial charge in [0.1, 0.15) is 5.82 Å². The van der Waals surface area contributed by atoms with Gasteiger partial charge in [-0.25, -0.2) is 4.98 Å². The molecule has 0 aliphatic heterocycles. The first-order valence-corrected chi connectivity index (χ1v) is 7.23. The van der Waals surface area contributed by atoms with Gasteiger partial charge in [-0.15, -0.1) is 0 Å². The molecule has 0 spiro atoms. The van der Waals surface area contributed by atoms with E-state index >= 15 is 0 Å². The summed E-state index contributed by atoms with van der Waals surface area (Å²) in [5, 5.41) is 4.33. The van der Waals surface area contributed by atoms with Gasteiger partial charge in [0.15, 0.2) is 0 Å². The van der Waals surface area contributed by atoms with E-state index in [1.54, 1.807) is 0 Å². The van der Waals surface area contributed by atoms with Crippen LogP contribution in [0.25, 0.3) is 0 Å². The molecule has 1 fully saturated rings. The molecule has 0 bridgehead atoms. The van der Waals surface area contributed by atoms with Crippen molar-refractivity contribution in [3.05, 3.63) is 5.82 Å². The van der Waals surface area contributed by atoms with Crippen LogP contribution in [-0.4, -0.2) is 26.9 Å². The van der Waals surface area contributed by atoms with Crippen LogP contribution in [-0.2, 0) is 0 Å². The summed E-state index contributed by atoms with van der Waals surface area (Å²) in [4.78, 5) is 4.50. The van der Waals surface area contributed by atoms with E-state index in [1.165, 1.54) is 24.4 Å². The van der Waals surface area contributed by atoms with E-state index in [0.717, 1.165) is 17.5 Å². The van der Waals surface area contributed by atoms with Crippen molar-refractivity contribution in [1.29, 1.82) is 0 Å². The number of aromatic nitrogens is 2. The fraction of sp³-hybridized carbons (Fsp3) is 0.800. The first kappa shape index (κ1) is 11.2. The Labute approximate surface area is 99.2 Å². The minimum atomic E-state index is 0.255. The lowest BCUT2D eigenvalue weighted by molar-refractivity contribution is 0.751. The highest BCUT2D eigenvalue weighted by Crippen LogP contribution is 2.39. The molecule has 1 N–H and O–H groups in total. The predicted molar refractivity (Wildman–Crippen MR) is 68.0 cm³/mol. The largest absolute Gasteiger partial charge is 0.359 e. The molecule has 0 unspecified atom stereocenters. The highest BCUT2D eigenvalue weighted by atomic mass is 32.2. The second-order valence-corrected chi connectivity index (χ2v) is 6.81. The molecule has 1 aromatic heterocycles. The summed E-state index contributed by atoms with van der Waals surface area (Å²) in [6.07, 6.45) is 4.68. The summed E-state index contributed by atoms with van der Waals surface area (Å²) >= 11 is 3.35. The van der Waals surface area contributed by atoms with Gasteiger partial charge in [0.2, 0.25) is 5.13 Å². The smallest absolute Gasteiger partial charge is 0.202 e. The van der Waals surface area contributed by atoms with Crippen molar-refractivity contribution in [3.8, 4) is 0 Å². The van der Waals surface area contributed by atoms with Gasteiger partial charge in [-0.3, -0.25) is 0 Å². The van der Waals surface area contributed by atoms with Crippen LogP contribution in [0.4, 0.5) is 5.13 Å². The second kappa shape index (κ2) is 4.29. The Morgan fingerprint density at radius 3 is 2.87 bits per heavy atom. The monoisotopic (exact) mass is 243 g/mol. The number of hydrogen-bond acceptors (Lipinski definition) is 5. The van der Waals surface area contributed by atoms with Crippen molar-refractivity contribution in [2.24, 2.45) is 0 Å². The summed E-state index contributed by atoms with van der Waals surface area (Å²) in [6.45, 7) is 5.40. The van der Waals surface area contributed by atoms with Crippen molar-refractivity contribution in [3.63, 3.8) is 0 Å². The van der Waals surface area contributed by atoms with Crippen LogP contribution in [0.15, 0.2) is 0 Å². The van der Waals surface area contributed by atoms with Gasteiger partial charge in [0.05, 0.1) is 0 Å². The zero-order valence-electron chi connectivity index (χ0n) is 9.41. The molecule has 0 saturated heterocycles. The lowest BCUT2D eigenvalue weighted by atomic mass is 10.2. The summed E-state index contributed by atoms with van der Waals surface area (Å²) in [7, 11) is 0. The van der Waals surface area contributed by atoms with Crippen molar-refractivity contribution in [2.45, 2.75) is 37.4 Å². The molecule has 1 aromatic rings. The molecule has 1 aliphatic carbocycles. The van der Waals surface area contributed by atoms with E-state index < -0.39 is 0 Å². The number of hydrogen-bond donors (Lipinski definition) is 1. The fourth-order valence-electron chi connectivity index (χ4n) is 1.17. The highest BCUT2D eigenvalue weighted by Gasteiger charge is 2.28. The maximum Gasteiger partial charge on any atom is 0.202 e. The van der Waals surface area contributed by atoms with Gasteiger partial charge < -0.3 is 5.32 Å². The Morgan fingerprint density at radius 2 is 2.27 bits per heavy atom. The molecule has 1 saturated carbocycles. The first-order valence-electron chi connectivity index (χ1n) is 5.23. The summed E-state index contributed by atoms with van der Waals surface area (Å²) in [5.41, 5.74) is 0. The lowest BCUT2D eigenvalue weighted by Gasteiger charge is -2.21. The number of thioether (sulfide) groups is 1. The van der Waals surface area contributed by atoms with Crippen LogP contribution in [0.5, 0.6) is 0 Å². The third-order valence-corrected chi connectivity index (χ3v) is 4.54. The van der Waals surface area contributed by atoms with Crippen LogP contribution < -0.4 is 5.32 Å². The maximum atomic E-state index is 4.50. The fourth-order valence-corrected chi connectivity index (χ4v) is 2.03. The van der Waals surface area contributed by atoms with Gasteiger partial charge in [-0.05, 0) is 32.9 Å². The molecule has 0 amide bonds. The third-order valence-electron chi connectivity index (χ3n) is 2.60. The predicted octanol–water partition coefficient (Wildman–Crippen LogP) is 2.97. The summed E-state index contributed by atoms with van der Waals surface area (Å²) < 4.78 is 4.62. The molecule has 15 heavy (non-hydrogen) atoms. The van der Waals surface area contributed by atoms with Crippen molar-refractivity contribution < 1.29 is 0 Å². The van der Waals surface area contributed by atoms with Crippen LogP contribution in [0.1, 0.15) is 38.4 Å². The van der Waals surface area contributed by atoms with E-state index in [0.29, 0.717) is 5.92 Å². The normalized spacial score (nSPS) is 16.7. The molecule has 1 aliphatic rings. The van der Waals surface area contributed by atoms with Gasteiger partial charge in [-0.1, -0.05) is 0 Å². The number of rotatable bonds is 5. The third kappa shape index (κ3) is 3.08. The molecular formula is C10H17N3S2. The van der Waals surface area contributed by atoms with Crippen LogP contribution in [0.2, 0.25) is 0 Å². The van der Waals surface area contributed by atoms with Crippen LogP contribution in [0.3, 0.4) is 0 Å². The van der Waals surface area contributed by atoms with Crippen molar-refractivity contribution in [1.82, 2.24) is 9.36 Å². The standard InChI is InChI=1S/C10H17N3S2/c1-10(2,14-3)6-11-9-12-8(13-15-9)7-4-5-7/h7H,4-6H2,1-3H3,(H,11,12,13). The van der Waals surface area contributed by atoms with Gasteiger partial charge in [0.25, 0.3) is 0 Å². The Bertz CT molecular complexity index is 331. The average Bonchev–Trinajstić information content (AvgIpc) is 2.96. The lowest BCUT2D eigenvalue weighted by Crippen LogP contribution is -2.25. The zero-order valence-corrected chi connectivity index (χ0v) is 11.0. The van der Waals surface area contributed by atoms with Crippen LogP contribution >= 0.6 is 23.3 Å². The molecule has 0 radical (unpaired) electrons. The van der Waals surface area contributed by atoms with Gasteiger partial charge >= 0.3 is 0 Å². The Kier molecular flexibility index (Phi) is 3.21. The molecule has 84 valence electrons. The molecule has 3 nitrogen and oxygen atoms in total. The quantitative estimate of drug-likeness (QED) is 0.863. The van der Waals surface area contributed by atoms with E-state index in [2.05, 4.69) is 34.8 Å². The van der Waals surface area contributed by atoms with E-state index in [9.17, 15) is 0 Å². The minimum Gasteiger partial charge on any atom is -0.359 e. The Morgan fingerprint density at radius 1 is 1.53 bits per heavy atom. The number of nitrogens with zero attached hydrogens (tertiary/aromatic N) is 2. The summed E-state index contributed by atoms with van der Waals surface area (Å²) in [6, 6.07) is 0. The minimum absolute atomic E-state index is 0.255. The average molecular weight is 243 g/mol. The highest BCUT2D eigenvalue weighted by molar-refractivity contribution is 7.99. The zero-order chi connectivity index (χ0) is 10.9. The van der Waals surface area contributed by atoms with Gasteiger partial charge in [0, 0.05) is 28.7 Å². The number of anilines is 1. The molecule has 0 aromatic carbocycles. The molecule has 5 heteroatoms. The maximum absolute atomic E-state index is 4.50. The van der Waals surface area contributed by atoms with Crippen molar-refractivity contribution in [2.75, 3.05) is 18.1 Å². The molecule has 1 heterocycles. The summed E-state index contributed by atoms with van der Waals surface area (Å²) in [5.74, 6) is 1.70. The molecular weight excluding hydrogens is 226 g/mol. The van der Waals surface area contributed by atoms with E-state index in [-0.39, 0.29) is 4.75 Å². The van der Waals surface area contributed by atoms with Crippen molar-refractivity contribution >= 4 is 28.4 Å². The Hall–Kier alpha value is -0.290. The molecule has 2 rings (SSSR count). The van der Waals surface area contributed by atoms with E-state index in [1.807, 2.05) is 11.8 Å². The topological polar surface area (TPSA) is 37.8 Å². The molecule has 0 atom stereocenters. The van der Waals surface area contributed by atoms with Crippen LogP contribution in [0, 0.1) is 0 Å². The van der Waals surface area contributed by atoms with E-state index in [4.69, 9.17) is 0 Å². The SMILES string of the molecule is CSC(C)(C)CNc1nc(C2CC2)ns1. The first-order chi connectivity index (χ1) is 7.11. The number of nitrogens with one attached hydrogen (secondary N) is 1. The Balaban J connectivity index is 1.87. The van der Waals surface area contributed by atoms with Gasteiger partial charge in [-0.2, -0.15) is 16.1 Å². The second-order valence-electron chi connectivity index (χ2n) is 4.55.